The fourth-order valence-corrected chi connectivity index (χ4v) is 3.57. The number of phenols is 1. The van der Waals surface area contributed by atoms with Gasteiger partial charge in [0.25, 0.3) is 0 Å². The first-order valence-electron chi connectivity index (χ1n) is 8.83. The monoisotopic (exact) mass is 338 g/mol. The van der Waals surface area contributed by atoms with Crippen molar-refractivity contribution >= 4 is 5.71 Å². The number of hydrogen-bond acceptors (Lipinski definition) is 4. The van der Waals surface area contributed by atoms with Gasteiger partial charge in [0.15, 0.2) is 0 Å². The largest absolute Gasteiger partial charge is 0.508 e. The molecule has 0 aliphatic carbocycles. The van der Waals surface area contributed by atoms with Crippen LogP contribution in [0.2, 0.25) is 0 Å². The van der Waals surface area contributed by atoms with Crippen LogP contribution in [-0.2, 0) is 0 Å². The van der Waals surface area contributed by atoms with E-state index in [4.69, 9.17) is 9.73 Å². The number of benzene rings is 2. The molecule has 1 aliphatic rings. The maximum absolute atomic E-state index is 10.3. The van der Waals surface area contributed by atoms with Crippen molar-refractivity contribution in [3.8, 4) is 11.5 Å². The third-order valence-corrected chi connectivity index (χ3v) is 4.72. The van der Waals surface area contributed by atoms with Crippen molar-refractivity contribution in [3.63, 3.8) is 0 Å². The quantitative estimate of drug-likeness (QED) is 0.847. The minimum Gasteiger partial charge on any atom is -0.508 e. The summed E-state index contributed by atoms with van der Waals surface area (Å²) in [5.74, 6) is 1.15. The highest BCUT2D eigenvalue weighted by atomic mass is 16.5. The number of ether oxygens (including phenoxy) is 1. The van der Waals surface area contributed by atoms with Crippen LogP contribution in [0.15, 0.2) is 53.5 Å². The molecule has 132 valence electrons. The Morgan fingerprint density at radius 3 is 2.76 bits per heavy atom. The molecule has 0 saturated carbocycles. The van der Waals surface area contributed by atoms with Gasteiger partial charge in [0.05, 0.1) is 7.11 Å². The predicted octanol–water partition coefficient (Wildman–Crippen LogP) is 4.44. The summed E-state index contributed by atoms with van der Waals surface area (Å²) >= 11 is 0. The average Bonchev–Trinajstić information content (AvgIpc) is 2.61. The molecule has 0 saturated heterocycles. The van der Waals surface area contributed by atoms with Crippen LogP contribution in [0.5, 0.6) is 11.5 Å². The number of para-hydroxylation sites is 1. The van der Waals surface area contributed by atoms with Gasteiger partial charge in [-0.15, -0.1) is 0 Å². The number of methoxy groups -OCH3 is 1. The van der Waals surface area contributed by atoms with Crippen molar-refractivity contribution < 1.29 is 9.84 Å². The lowest BCUT2D eigenvalue weighted by Crippen LogP contribution is -2.47. The van der Waals surface area contributed by atoms with Crippen molar-refractivity contribution in [2.45, 2.75) is 44.8 Å². The molecule has 1 aliphatic heterocycles. The van der Waals surface area contributed by atoms with Crippen molar-refractivity contribution in [1.29, 1.82) is 0 Å². The van der Waals surface area contributed by atoms with Gasteiger partial charge in [-0.05, 0) is 37.1 Å². The lowest BCUT2D eigenvalue weighted by atomic mass is 9.90. The number of hydrogen-bond donors (Lipinski definition) is 2. The van der Waals surface area contributed by atoms with Crippen LogP contribution in [-0.4, -0.2) is 23.6 Å². The first-order valence-corrected chi connectivity index (χ1v) is 8.83. The van der Waals surface area contributed by atoms with E-state index in [1.165, 1.54) is 0 Å². The Bertz CT molecular complexity index is 772. The summed E-state index contributed by atoms with van der Waals surface area (Å²) < 4.78 is 5.37. The highest BCUT2D eigenvalue weighted by molar-refractivity contribution is 6.02. The summed E-state index contributed by atoms with van der Waals surface area (Å²) in [5.41, 5.74) is 2.68. The number of phenolic OH excluding ortho intramolecular Hbond substituents is 1. The minimum absolute atomic E-state index is 0.0245. The van der Waals surface area contributed by atoms with Gasteiger partial charge in [-0.1, -0.05) is 43.7 Å². The van der Waals surface area contributed by atoms with E-state index in [9.17, 15) is 5.11 Å². The predicted molar refractivity (Wildman–Crippen MR) is 101 cm³/mol. The second-order valence-corrected chi connectivity index (χ2v) is 6.77. The average molecular weight is 338 g/mol. The van der Waals surface area contributed by atoms with E-state index in [1.54, 1.807) is 13.2 Å². The highest BCUT2D eigenvalue weighted by Crippen LogP contribution is 2.35. The van der Waals surface area contributed by atoms with Gasteiger partial charge in [0.1, 0.15) is 17.2 Å². The fraction of sp³-hybridized carbons (Fsp3) is 0.381. The van der Waals surface area contributed by atoms with Crippen LogP contribution < -0.4 is 10.1 Å². The normalized spacial score (nSPS) is 23.2. The van der Waals surface area contributed by atoms with Gasteiger partial charge in [-0.2, -0.15) is 0 Å². The lowest BCUT2D eigenvalue weighted by molar-refractivity contribution is 0.283. The van der Waals surface area contributed by atoms with Crippen molar-refractivity contribution in [2.24, 2.45) is 4.99 Å². The summed E-state index contributed by atoms with van der Waals surface area (Å²) in [6.45, 7) is 4.29. The molecule has 2 aromatic carbocycles. The smallest absolute Gasteiger partial charge is 0.120 e. The zero-order valence-electron chi connectivity index (χ0n) is 15.1. The zero-order chi connectivity index (χ0) is 17.9. The molecule has 0 amide bonds. The summed E-state index contributed by atoms with van der Waals surface area (Å²) in [7, 11) is 1.68. The molecular weight excluding hydrogens is 312 g/mol. The number of nitrogens with zero attached hydrogens (tertiary/aromatic N) is 1. The third kappa shape index (κ3) is 3.85. The van der Waals surface area contributed by atoms with Gasteiger partial charge in [0, 0.05) is 23.7 Å². The second-order valence-electron chi connectivity index (χ2n) is 6.77. The van der Waals surface area contributed by atoms with E-state index >= 15 is 0 Å². The minimum atomic E-state index is -0.349. The first kappa shape index (κ1) is 17.5. The number of aromatic hydroxyl groups is 1. The Kier molecular flexibility index (Phi) is 5.09. The fourth-order valence-electron chi connectivity index (χ4n) is 3.57. The molecule has 0 radical (unpaired) electrons. The van der Waals surface area contributed by atoms with Gasteiger partial charge in [-0.3, -0.25) is 10.3 Å². The number of nitrogens with one attached hydrogen (secondary N) is 1. The lowest BCUT2D eigenvalue weighted by Gasteiger charge is -2.38. The van der Waals surface area contributed by atoms with E-state index in [1.807, 2.05) is 36.4 Å². The van der Waals surface area contributed by atoms with Gasteiger partial charge in [0.2, 0.25) is 0 Å². The Morgan fingerprint density at radius 2 is 2.04 bits per heavy atom. The van der Waals surface area contributed by atoms with Gasteiger partial charge < -0.3 is 9.84 Å². The molecule has 0 bridgehead atoms. The topological polar surface area (TPSA) is 53.9 Å². The van der Waals surface area contributed by atoms with Crippen molar-refractivity contribution in [2.75, 3.05) is 7.11 Å². The second kappa shape index (κ2) is 7.28. The molecular formula is C21H26N2O2. The maximum atomic E-state index is 10.3. The Morgan fingerprint density at radius 1 is 1.24 bits per heavy atom. The van der Waals surface area contributed by atoms with Gasteiger partial charge in [-0.25, -0.2) is 0 Å². The van der Waals surface area contributed by atoms with E-state index < -0.39 is 0 Å². The molecule has 25 heavy (non-hydrogen) atoms. The summed E-state index contributed by atoms with van der Waals surface area (Å²) in [4.78, 5) is 5.02. The summed E-state index contributed by atoms with van der Waals surface area (Å²) in [6.07, 6.45) is 2.69. The molecule has 1 heterocycles. The van der Waals surface area contributed by atoms with Crippen molar-refractivity contribution in [3.05, 3.63) is 59.7 Å². The number of rotatable bonds is 5. The van der Waals surface area contributed by atoms with Crippen LogP contribution >= 0.6 is 0 Å². The van der Waals surface area contributed by atoms with Crippen LogP contribution in [0.1, 0.15) is 50.3 Å². The molecule has 2 atom stereocenters. The standard InChI is InChI=1S/C21H26N2O2/c1-4-12-21(2)22-18(15-8-7-9-16(13-15)25-3)14-19(23-21)17-10-5-6-11-20(17)24/h5-11,13,19,23-24H,4,12,14H2,1-3H3. The van der Waals surface area contributed by atoms with Crippen LogP contribution in [0, 0.1) is 0 Å². The van der Waals surface area contributed by atoms with E-state index in [0.29, 0.717) is 5.75 Å². The summed E-state index contributed by atoms with van der Waals surface area (Å²) in [6, 6.07) is 15.6. The van der Waals surface area contributed by atoms with Crippen LogP contribution in [0.3, 0.4) is 0 Å². The Hall–Kier alpha value is -2.33. The van der Waals surface area contributed by atoms with Crippen LogP contribution in [0.4, 0.5) is 0 Å². The first-order chi connectivity index (χ1) is 12.0. The van der Waals surface area contributed by atoms with E-state index in [2.05, 4.69) is 25.2 Å². The van der Waals surface area contributed by atoms with Crippen molar-refractivity contribution in [1.82, 2.24) is 5.32 Å². The van der Waals surface area contributed by atoms with E-state index in [0.717, 1.165) is 41.9 Å². The molecule has 0 fully saturated rings. The molecule has 2 unspecified atom stereocenters. The zero-order valence-corrected chi connectivity index (χ0v) is 15.1. The molecule has 4 heteroatoms. The molecule has 4 nitrogen and oxygen atoms in total. The molecule has 2 aromatic rings. The summed E-state index contributed by atoms with van der Waals surface area (Å²) in [5, 5.41) is 13.9. The van der Waals surface area contributed by atoms with E-state index in [-0.39, 0.29) is 11.7 Å². The Labute approximate surface area is 149 Å². The van der Waals surface area contributed by atoms with Gasteiger partial charge >= 0.3 is 0 Å². The highest BCUT2D eigenvalue weighted by Gasteiger charge is 2.33. The molecule has 0 aromatic heterocycles. The molecule has 0 spiro atoms. The SMILES string of the molecule is CCCC1(C)N=C(c2cccc(OC)c2)CC(c2ccccc2O)N1. The molecule has 2 N–H and O–H groups in total. The number of aliphatic imine (C=N–C) groups is 1. The van der Waals surface area contributed by atoms with Crippen LogP contribution in [0.25, 0.3) is 0 Å². The Balaban J connectivity index is 2.01. The third-order valence-electron chi connectivity index (χ3n) is 4.72. The maximum Gasteiger partial charge on any atom is 0.120 e. The molecule has 3 rings (SSSR count).